The minimum absolute atomic E-state index is 0.304. The third-order valence-electron chi connectivity index (χ3n) is 2.35. The van der Waals surface area contributed by atoms with E-state index in [4.69, 9.17) is 27.9 Å². The first-order valence-electron chi connectivity index (χ1n) is 5.45. The van der Waals surface area contributed by atoms with Gasteiger partial charge in [0.1, 0.15) is 17.2 Å². The number of rotatable bonds is 4. The lowest BCUT2D eigenvalue weighted by Gasteiger charge is -2.06. The Labute approximate surface area is 138 Å². The minimum atomic E-state index is -0.368. The molecule has 7 heteroatoms. The van der Waals surface area contributed by atoms with Crippen LogP contribution in [0.3, 0.4) is 0 Å². The van der Waals surface area contributed by atoms with Gasteiger partial charge >= 0.3 is 5.97 Å². The Balaban J connectivity index is 2.10. The van der Waals surface area contributed by atoms with Gasteiger partial charge in [-0.1, -0.05) is 23.2 Å². The molecule has 0 aliphatic heterocycles. The Kier molecular flexibility index (Phi) is 5.32. The molecule has 0 aliphatic rings. The molecule has 0 radical (unpaired) electrons. The Morgan fingerprint density at radius 2 is 1.90 bits per heavy atom. The van der Waals surface area contributed by atoms with Crippen molar-refractivity contribution in [2.24, 2.45) is 0 Å². The molecule has 0 amide bonds. The lowest BCUT2D eigenvalue weighted by molar-refractivity contribution is 0.0606. The van der Waals surface area contributed by atoms with E-state index in [1.165, 1.54) is 18.4 Å². The molecule has 2 rings (SSSR count). The van der Waals surface area contributed by atoms with Gasteiger partial charge in [-0.15, -0.1) is 11.3 Å². The number of hydrogen-bond acceptors (Lipinski definition) is 4. The average molecular weight is 396 g/mol. The standard InChI is InChI=1S/C13H9BrCl2O3S/c1-18-13(17)11-5-10(14)12(20-11)6-19-9-3-7(15)2-8(16)4-9/h2-5H,6H2,1H3. The summed E-state index contributed by atoms with van der Waals surface area (Å²) in [5, 5.41) is 1.01. The Hall–Kier alpha value is -0.750. The highest BCUT2D eigenvalue weighted by Crippen LogP contribution is 2.30. The molecule has 1 aromatic carbocycles. The highest BCUT2D eigenvalue weighted by molar-refractivity contribution is 9.10. The van der Waals surface area contributed by atoms with Crippen LogP contribution in [0.1, 0.15) is 14.5 Å². The Morgan fingerprint density at radius 3 is 2.50 bits per heavy atom. The topological polar surface area (TPSA) is 35.5 Å². The van der Waals surface area contributed by atoms with Crippen LogP contribution in [0, 0.1) is 0 Å². The second-order valence-corrected chi connectivity index (χ2v) is 6.63. The summed E-state index contributed by atoms with van der Waals surface area (Å²) in [4.78, 5) is 12.8. The van der Waals surface area contributed by atoms with Crippen molar-refractivity contribution < 1.29 is 14.3 Å². The second-order valence-electron chi connectivity index (χ2n) is 3.77. The van der Waals surface area contributed by atoms with E-state index >= 15 is 0 Å². The number of hydrogen-bond donors (Lipinski definition) is 0. The minimum Gasteiger partial charge on any atom is -0.488 e. The molecule has 106 valence electrons. The van der Waals surface area contributed by atoms with E-state index in [0.29, 0.717) is 27.3 Å². The number of halogens is 3. The fourth-order valence-electron chi connectivity index (χ4n) is 1.47. The maximum atomic E-state index is 11.4. The first-order valence-corrected chi connectivity index (χ1v) is 7.81. The van der Waals surface area contributed by atoms with E-state index < -0.39 is 0 Å². The molecule has 1 heterocycles. The smallest absolute Gasteiger partial charge is 0.348 e. The van der Waals surface area contributed by atoms with Gasteiger partial charge in [-0.25, -0.2) is 4.79 Å². The van der Waals surface area contributed by atoms with Gasteiger partial charge in [0.15, 0.2) is 0 Å². The SMILES string of the molecule is COC(=O)c1cc(Br)c(COc2cc(Cl)cc(Cl)c2)s1. The quantitative estimate of drug-likeness (QED) is 0.668. The largest absolute Gasteiger partial charge is 0.488 e. The fourth-order valence-corrected chi connectivity index (χ4v) is 3.59. The molecule has 1 aromatic heterocycles. The number of methoxy groups -OCH3 is 1. The molecule has 0 bridgehead atoms. The molecule has 0 spiro atoms. The maximum Gasteiger partial charge on any atom is 0.348 e. The zero-order valence-electron chi connectivity index (χ0n) is 10.3. The number of thiophene rings is 1. The van der Waals surface area contributed by atoms with Crippen LogP contribution in [0.4, 0.5) is 0 Å². The van der Waals surface area contributed by atoms with E-state index in [9.17, 15) is 4.79 Å². The Morgan fingerprint density at radius 1 is 1.25 bits per heavy atom. The molecule has 0 N–H and O–H groups in total. The van der Waals surface area contributed by atoms with Crippen molar-refractivity contribution in [3.8, 4) is 5.75 Å². The zero-order chi connectivity index (χ0) is 14.7. The molecule has 0 fully saturated rings. The van der Waals surface area contributed by atoms with Crippen molar-refractivity contribution in [2.75, 3.05) is 7.11 Å². The average Bonchev–Trinajstić information content (AvgIpc) is 2.76. The summed E-state index contributed by atoms with van der Waals surface area (Å²) >= 11 is 16.5. The molecule has 20 heavy (non-hydrogen) atoms. The van der Waals surface area contributed by atoms with Gasteiger partial charge < -0.3 is 9.47 Å². The summed E-state index contributed by atoms with van der Waals surface area (Å²) < 4.78 is 11.1. The first-order chi connectivity index (χ1) is 9.49. The predicted molar refractivity (Wildman–Crippen MR) is 84.2 cm³/mol. The van der Waals surface area contributed by atoms with Gasteiger partial charge in [0.05, 0.1) is 12.0 Å². The first kappa shape index (κ1) is 15.6. The molecule has 0 aliphatic carbocycles. The molecule has 0 atom stereocenters. The van der Waals surface area contributed by atoms with Gasteiger partial charge in [-0.3, -0.25) is 0 Å². The molecular formula is C13H9BrCl2O3S. The molecule has 0 unspecified atom stereocenters. The monoisotopic (exact) mass is 394 g/mol. The predicted octanol–water partition coefficient (Wildman–Crippen LogP) is 5.18. The van der Waals surface area contributed by atoms with Crippen molar-refractivity contribution >= 4 is 56.4 Å². The highest BCUT2D eigenvalue weighted by Gasteiger charge is 2.14. The van der Waals surface area contributed by atoms with Crippen LogP contribution in [0.15, 0.2) is 28.7 Å². The van der Waals surface area contributed by atoms with Crippen molar-refractivity contribution in [1.29, 1.82) is 0 Å². The van der Waals surface area contributed by atoms with Crippen molar-refractivity contribution in [2.45, 2.75) is 6.61 Å². The van der Waals surface area contributed by atoms with Crippen molar-refractivity contribution in [3.05, 3.63) is 48.5 Å². The van der Waals surface area contributed by atoms with Gasteiger partial charge in [0.2, 0.25) is 0 Å². The van der Waals surface area contributed by atoms with E-state index in [0.717, 1.165) is 9.35 Å². The highest BCUT2D eigenvalue weighted by atomic mass is 79.9. The number of esters is 1. The van der Waals surface area contributed by atoms with Crippen LogP contribution in [0.5, 0.6) is 5.75 Å². The summed E-state index contributed by atoms with van der Waals surface area (Å²) in [6.45, 7) is 0.304. The number of carbonyl (C=O) groups excluding carboxylic acids is 1. The van der Waals surface area contributed by atoms with E-state index in [-0.39, 0.29) is 5.97 Å². The van der Waals surface area contributed by atoms with Gasteiger partial charge in [0.25, 0.3) is 0 Å². The van der Waals surface area contributed by atoms with E-state index in [2.05, 4.69) is 20.7 Å². The maximum absolute atomic E-state index is 11.4. The summed E-state index contributed by atoms with van der Waals surface area (Å²) in [5.41, 5.74) is 0. The van der Waals surface area contributed by atoms with Crippen molar-refractivity contribution in [1.82, 2.24) is 0 Å². The van der Waals surface area contributed by atoms with Gasteiger partial charge in [0, 0.05) is 14.5 Å². The lowest BCUT2D eigenvalue weighted by atomic mass is 10.3. The number of carbonyl (C=O) groups is 1. The fraction of sp³-hybridized carbons (Fsp3) is 0.154. The number of ether oxygens (including phenoxy) is 2. The molecule has 0 saturated heterocycles. The molecule has 0 saturated carbocycles. The number of benzene rings is 1. The van der Waals surface area contributed by atoms with Crippen LogP contribution in [0.25, 0.3) is 0 Å². The third-order valence-corrected chi connectivity index (χ3v) is 4.84. The third kappa shape index (κ3) is 3.88. The van der Waals surface area contributed by atoms with Gasteiger partial charge in [-0.2, -0.15) is 0 Å². The summed E-state index contributed by atoms with van der Waals surface area (Å²) in [6, 6.07) is 6.69. The summed E-state index contributed by atoms with van der Waals surface area (Å²) in [6.07, 6.45) is 0. The second kappa shape index (κ2) is 6.80. The summed E-state index contributed by atoms with van der Waals surface area (Å²) in [7, 11) is 1.35. The van der Waals surface area contributed by atoms with Crippen LogP contribution in [0.2, 0.25) is 10.0 Å². The van der Waals surface area contributed by atoms with Crippen molar-refractivity contribution in [3.63, 3.8) is 0 Å². The molecule has 3 nitrogen and oxygen atoms in total. The van der Waals surface area contributed by atoms with Crippen LogP contribution in [-0.2, 0) is 11.3 Å². The molecule has 2 aromatic rings. The van der Waals surface area contributed by atoms with Gasteiger partial charge in [-0.05, 0) is 40.2 Å². The Bertz CT molecular complexity index is 622. The molecular weight excluding hydrogens is 387 g/mol. The normalized spacial score (nSPS) is 10.4. The van der Waals surface area contributed by atoms with E-state index in [1.54, 1.807) is 24.3 Å². The zero-order valence-corrected chi connectivity index (χ0v) is 14.2. The van der Waals surface area contributed by atoms with E-state index in [1.807, 2.05) is 0 Å². The van der Waals surface area contributed by atoms with Crippen LogP contribution >= 0.6 is 50.5 Å². The van der Waals surface area contributed by atoms with Crippen LogP contribution in [-0.4, -0.2) is 13.1 Å². The van der Waals surface area contributed by atoms with Crippen LogP contribution < -0.4 is 4.74 Å². The summed E-state index contributed by atoms with van der Waals surface area (Å²) in [5.74, 6) is 0.204. The lowest BCUT2D eigenvalue weighted by Crippen LogP contribution is -1.97.